The Morgan fingerprint density at radius 1 is 1.11 bits per heavy atom. The number of carbonyl (C=O) groups excluding carboxylic acids is 1. The van der Waals surface area contributed by atoms with Gasteiger partial charge in [-0.1, -0.05) is 46.6 Å². The highest BCUT2D eigenvalue weighted by atomic mass is 16.3. The number of ketones is 1. The largest absolute Gasteiger partial charge is 0.393 e. The van der Waals surface area contributed by atoms with E-state index in [0.717, 1.165) is 36.7 Å². The zero-order valence-corrected chi connectivity index (χ0v) is 18.8. The fourth-order valence-corrected chi connectivity index (χ4v) is 8.82. The summed E-state index contributed by atoms with van der Waals surface area (Å²) in [6.45, 7) is 11.8. The minimum atomic E-state index is -0.225. The monoisotopic (exact) mass is 386 g/mol. The summed E-state index contributed by atoms with van der Waals surface area (Å²) in [5.41, 5.74) is 1.62. The maximum atomic E-state index is 13.8. The van der Waals surface area contributed by atoms with Gasteiger partial charge in [-0.05, 0) is 97.9 Å². The van der Waals surface area contributed by atoms with Crippen molar-refractivity contribution in [3.8, 4) is 0 Å². The minimum absolute atomic E-state index is 0.202. The molecular weight excluding hydrogens is 344 g/mol. The van der Waals surface area contributed by atoms with Crippen LogP contribution in [0, 0.1) is 46.3 Å². The highest BCUT2D eigenvalue weighted by Crippen LogP contribution is 2.68. The van der Waals surface area contributed by atoms with Crippen LogP contribution in [0.1, 0.15) is 92.4 Å². The van der Waals surface area contributed by atoms with Crippen LogP contribution in [0.4, 0.5) is 0 Å². The molecule has 4 rings (SSSR count). The molecule has 0 aromatic carbocycles. The summed E-state index contributed by atoms with van der Waals surface area (Å²) in [4.78, 5) is 13.8. The number of fused-ring (bicyclic) bond motifs is 5. The summed E-state index contributed by atoms with van der Waals surface area (Å²) >= 11 is 0. The average molecular weight is 387 g/mol. The summed E-state index contributed by atoms with van der Waals surface area (Å²) in [6.07, 6.45) is 12.4. The van der Waals surface area contributed by atoms with Gasteiger partial charge >= 0.3 is 0 Å². The van der Waals surface area contributed by atoms with Crippen molar-refractivity contribution in [2.75, 3.05) is 0 Å². The summed E-state index contributed by atoms with van der Waals surface area (Å²) < 4.78 is 0. The molecule has 4 aliphatic carbocycles. The first-order valence-electron chi connectivity index (χ1n) is 12.2. The van der Waals surface area contributed by atoms with E-state index in [1.807, 2.05) is 0 Å². The highest BCUT2D eigenvalue weighted by molar-refractivity contribution is 5.99. The third kappa shape index (κ3) is 2.80. The van der Waals surface area contributed by atoms with Gasteiger partial charge in [0.05, 0.1) is 6.10 Å². The average Bonchev–Trinajstić information content (AvgIpc) is 3.01. The van der Waals surface area contributed by atoms with Crippen LogP contribution in [0.25, 0.3) is 0 Å². The Bertz CT molecular complexity index is 651. The first-order chi connectivity index (χ1) is 13.3. The molecule has 0 heterocycles. The third-order valence-electron chi connectivity index (χ3n) is 10.2. The topological polar surface area (TPSA) is 37.3 Å². The molecule has 0 spiro atoms. The molecule has 1 N–H and O–H groups in total. The number of carbonyl (C=O) groups is 1. The predicted octanol–water partition coefficient (Wildman–Crippen LogP) is 6.18. The van der Waals surface area contributed by atoms with Crippen molar-refractivity contribution >= 4 is 5.78 Å². The van der Waals surface area contributed by atoms with Gasteiger partial charge in [-0.25, -0.2) is 0 Å². The van der Waals surface area contributed by atoms with E-state index in [1.54, 1.807) is 0 Å². The standard InChI is InChI=1S/C26H42O2/c1-6-8-16(3)19-9-10-20-23-21(12-14-25(19,20)4)26(5)13-11-17(27)15-22(26)18(7-2)24(23)28/h7,16-17,19-23,27H,6,8-15H2,1-5H3/t16-,17-,19-,20+,21+,22+,23+,25-,26-/m1/s1. The number of Topliss-reactive ketones (excluding diaryl/α,β-unsaturated/α-hetero) is 1. The van der Waals surface area contributed by atoms with E-state index in [-0.39, 0.29) is 23.4 Å². The number of aliphatic hydroxyl groups excluding tert-OH is 1. The Morgan fingerprint density at radius 3 is 2.46 bits per heavy atom. The van der Waals surface area contributed by atoms with E-state index in [0.29, 0.717) is 23.0 Å². The Morgan fingerprint density at radius 2 is 1.79 bits per heavy atom. The van der Waals surface area contributed by atoms with E-state index >= 15 is 0 Å². The molecule has 0 saturated heterocycles. The molecule has 0 bridgehead atoms. The van der Waals surface area contributed by atoms with Gasteiger partial charge in [0.1, 0.15) is 0 Å². The molecule has 158 valence electrons. The lowest BCUT2D eigenvalue weighted by Crippen LogP contribution is -2.58. The molecule has 2 nitrogen and oxygen atoms in total. The summed E-state index contributed by atoms with van der Waals surface area (Å²) in [5, 5.41) is 10.4. The van der Waals surface area contributed by atoms with E-state index < -0.39 is 0 Å². The SMILES string of the molecule is CC=C1C(=O)[C@@H]2[C@H](CC[C@]3(C)[C@@H]([C@H](C)CCC)CC[C@@H]23)[C@@]2(C)CC[C@@H](O)C[C@@H]12. The zero-order valence-electron chi connectivity index (χ0n) is 18.8. The Labute approximate surface area is 172 Å². The molecule has 28 heavy (non-hydrogen) atoms. The van der Waals surface area contributed by atoms with E-state index in [9.17, 15) is 9.90 Å². The van der Waals surface area contributed by atoms with Crippen LogP contribution in [0.5, 0.6) is 0 Å². The van der Waals surface area contributed by atoms with Gasteiger partial charge in [-0.3, -0.25) is 4.79 Å². The van der Waals surface area contributed by atoms with Crippen LogP contribution < -0.4 is 0 Å². The van der Waals surface area contributed by atoms with E-state index in [4.69, 9.17) is 0 Å². The predicted molar refractivity (Wildman–Crippen MR) is 115 cm³/mol. The second-order valence-corrected chi connectivity index (χ2v) is 11.3. The number of hydrogen-bond donors (Lipinski definition) is 1. The molecule has 0 aromatic rings. The second-order valence-electron chi connectivity index (χ2n) is 11.3. The smallest absolute Gasteiger partial charge is 0.162 e. The number of hydrogen-bond acceptors (Lipinski definition) is 2. The van der Waals surface area contributed by atoms with Crippen LogP contribution in [-0.2, 0) is 4.79 Å². The molecule has 0 aromatic heterocycles. The molecule has 2 heteroatoms. The Balaban J connectivity index is 1.70. The molecule has 0 aliphatic heterocycles. The molecule has 9 atom stereocenters. The maximum Gasteiger partial charge on any atom is 0.162 e. The van der Waals surface area contributed by atoms with E-state index in [1.165, 1.54) is 38.5 Å². The number of rotatable bonds is 3. The number of allylic oxidation sites excluding steroid dienone is 2. The van der Waals surface area contributed by atoms with Gasteiger partial charge in [0.25, 0.3) is 0 Å². The van der Waals surface area contributed by atoms with Gasteiger partial charge in [-0.2, -0.15) is 0 Å². The summed E-state index contributed by atoms with van der Waals surface area (Å²) in [6, 6.07) is 0. The first-order valence-corrected chi connectivity index (χ1v) is 12.2. The third-order valence-corrected chi connectivity index (χ3v) is 10.2. The lowest BCUT2D eigenvalue weighted by atomic mass is 9.43. The van der Waals surface area contributed by atoms with Crippen molar-refractivity contribution in [1.29, 1.82) is 0 Å². The molecule has 4 fully saturated rings. The first kappa shape index (κ1) is 20.6. The van der Waals surface area contributed by atoms with Crippen molar-refractivity contribution < 1.29 is 9.90 Å². The van der Waals surface area contributed by atoms with Gasteiger partial charge in [0, 0.05) is 5.92 Å². The van der Waals surface area contributed by atoms with E-state index in [2.05, 4.69) is 40.7 Å². The van der Waals surface area contributed by atoms with Gasteiger partial charge in [-0.15, -0.1) is 0 Å². The van der Waals surface area contributed by atoms with Crippen molar-refractivity contribution in [3.63, 3.8) is 0 Å². The quantitative estimate of drug-likeness (QED) is 0.588. The van der Waals surface area contributed by atoms with Crippen molar-refractivity contribution in [3.05, 3.63) is 11.6 Å². The maximum absolute atomic E-state index is 13.8. The van der Waals surface area contributed by atoms with Gasteiger partial charge in [0.15, 0.2) is 5.78 Å². The van der Waals surface area contributed by atoms with Crippen molar-refractivity contribution in [2.24, 2.45) is 46.3 Å². The minimum Gasteiger partial charge on any atom is -0.393 e. The fraction of sp³-hybridized carbons (Fsp3) is 0.885. The van der Waals surface area contributed by atoms with Crippen LogP contribution in [-0.4, -0.2) is 17.0 Å². The lowest BCUT2D eigenvalue weighted by molar-refractivity contribution is -0.150. The zero-order chi connectivity index (χ0) is 20.3. The molecule has 0 amide bonds. The number of aliphatic hydroxyl groups is 1. The molecular formula is C26H42O2. The normalized spacial score (nSPS) is 50.8. The van der Waals surface area contributed by atoms with Crippen LogP contribution in [0.2, 0.25) is 0 Å². The second kappa shape index (κ2) is 7.25. The summed E-state index contributed by atoms with van der Waals surface area (Å²) in [5.74, 6) is 3.64. The fourth-order valence-electron chi connectivity index (χ4n) is 8.82. The van der Waals surface area contributed by atoms with Gasteiger partial charge < -0.3 is 5.11 Å². The molecule has 4 aliphatic rings. The molecule has 0 radical (unpaired) electrons. The molecule has 0 unspecified atom stereocenters. The Hall–Kier alpha value is -0.630. The Kier molecular flexibility index (Phi) is 5.35. The van der Waals surface area contributed by atoms with Crippen molar-refractivity contribution in [1.82, 2.24) is 0 Å². The van der Waals surface area contributed by atoms with Crippen LogP contribution in [0.15, 0.2) is 11.6 Å². The highest BCUT2D eigenvalue weighted by Gasteiger charge is 2.64. The van der Waals surface area contributed by atoms with Gasteiger partial charge in [0.2, 0.25) is 0 Å². The lowest BCUT2D eigenvalue weighted by Gasteiger charge is -2.61. The van der Waals surface area contributed by atoms with Crippen molar-refractivity contribution in [2.45, 2.75) is 98.5 Å². The van der Waals surface area contributed by atoms with Crippen LogP contribution >= 0.6 is 0 Å². The molecule has 4 saturated carbocycles. The summed E-state index contributed by atoms with van der Waals surface area (Å²) in [7, 11) is 0. The van der Waals surface area contributed by atoms with Crippen LogP contribution in [0.3, 0.4) is 0 Å².